The van der Waals surface area contributed by atoms with Crippen LogP contribution in [0.1, 0.15) is 51.9 Å². The van der Waals surface area contributed by atoms with E-state index in [-0.39, 0.29) is 18.1 Å². The molecule has 1 saturated carbocycles. The number of likely N-dealkylation sites (tertiary alicyclic amines) is 1. The van der Waals surface area contributed by atoms with Crippen LogP contribution in [-0.2, 0) is 0 Å². The number of carbonyl (C=O) groups is 1. The molecule has 2 aliphatic rings. The Morgan fingerprint density at radius 1 is 1.33 bits per heavy atom. The van der Waals surface area contributed by atoms with E-state index >= 15 is 0 Å². The number of urea groups is 1. The Labute approximate surface area is 110 Å². The van der Waals surface area contributed by atoms with E-state index in [2.05, 4.69) is 12.2 Å². The molecule has 1 saturated heterocycles. The predicted molar refractivity (Wildman–Crippen MR) is 71.4 cm³/mol. The molecule has 0 bridgehead atoms. The highest BCUT2D eigenvalue weighted by molar-refractivity contribution is 5.74. The second-order valence-corrected chi connectivity index (χ2v) is 5.93. The summed E-state index contributed by atoms with van der Waals surface area (Å²) in [4.78, 5) is 14.0. The van der Waals surface area contributed by atoms with E-state index in [1.54, 1.807) is 0 Å². The fraction of sp³-hybridized carbons (Fsp3) is 0.929. The second kappa shape index (κ2) is 5.91. The van der Waals surface area contributed by atoms with Crippen LogP contribution in [0.4, 0.5) is 4.79 Å². The number of hydrogen-bond acceptors (Lipinski definition) is 2. The lowest BCUT2D eigenvalue weighted by Gasteiger charge is -2.40. The second-order valence-electron chi connectivity index (χ2n) is 5.93. The summed E-state index contributed by atoms with van der Waals surface area (Å²) in [5.41, 5.74) is 0.0597. The quantitative estimate of drug-likeness (QED) is 0.810. The maximum atomic E-state index is 12.1. The van der Waals surface area contributed by atoms with Crippen LogP contribution in [0.2, 0.25) is 0 Å². The fourth-order valence-electron chi connectivity index (χ4n) is 3.14. The standard InChI is InChI=1S/C14H26N2O2/c1-2-14(11-17)7-9-16(10-8-14)13(18)15-12-5-3-4-6-12/h12,17H,2-11H2,1H3,(H,15,18). The van der Waals surface area contributed by atoms with Crippen molar-refractivity contribution in [3.05, 3.63) is 0 Å². The number of piperidine rings is 1. The Balaban J connectivity index is 1.79. The van der Waals surface area contributed by atoms with Gasteiger partial charge in [-0.15, -0.1) is 0 Å². The van der Waals surface area contributed by atoms with Gasteiger partial charge in [0.2, 0.25) is 0 Å². The zero-order valence-corrected chi connectivity index (χ0v) is 11.5. The van der Waals surface area contributed by atoms with Gasteiger partial charge < -0.3 is 15.3 Å². The average Bonchev–Trinajstić information content (AvgIpc) is 2.91. The van der Waals surface area contributed by atoms with Crippen molar-refractivity contribution in [1.82, 2.24) is 10.2 Å². The first-order valence-electron chi connectivity index (χ1n) is 7.35. The Morgan fingerprint density at radius 3 is 2.44 bits per heavy atom. The van der Waals surface area contributed by atoms with Gasteiger partial charge in [-0.2, -0.15) is 0 Å². The molecule has 2 rings (SSSR count). The molecule has 104 valence electrons. The van der Waals surface area contributed by atoms with Crippen LogP contribution in [0.5, 0.6) is 0 Å². The van der Waals surface area contributed by atoms with Gasteiger partial charge in [-0.1, -0.05) is 19.8 Å². The number of nitrogens with zero attached hydrogens (tertiary/aromatic N) is 1. The molecule has 1 aliphatic carbocycles. The van der Waals surface area contributed by atoms with Gasteiger partial charge in [-0.05, 0) is 37.5 Å². The van der Waals surface area contributed by atoms with Crippen LogP contribution in [0, 0.1) is 5.41 Å². The average molecular weight is 254 g/mol. The molecule has 0 aromatic rings. The van der Waals surface area contributed by atoms with Gasteiger partial charge in [0.05, 0.1) is 0 Å². The predicted octanol–water partition coefficient (Wildman–Crippen LogP) is 2.12. The molecule has 4 nitrogen and oxygen atoms in total. The fourth-order valence-corrected chi connectivity index (χ4v) is 3.14. The summed E-state index contributed by atoms with van der Waals surface area (Å²) >= 11 is 0. The minimum absolute atomic E-state index is 0.0597. The smallest absolute Gasteiger partial charge is 0.317 e. The molecule has 1 aliphatic heterocycles. The van der Waals surface area contributed by atoms with Crippen LogP contribution in [0.15, 0.2) is 0 Å². The molecule has 2 amide bonds. The molecule has 0 spiro atoms. The summed E-state index contributed by atoms with van der Waals surface area (Å²) < 4.78 is 0. The molecule has 0 aromatic heterocycles. The number of carbonyl (C=O) groups excluding carboxylic acids is 1. The van der Waals surface area contributed by atoms with Gasteiger partial charge in [0.1, 0.15) is 0 Å². The third kappa shape index (κ3) is 2.97. The molecular weight excluding hydrogens is 228 g/mol. The molecule has 4 heteroatoms. The lowest BCUT2D eigenvalue weighted by Crippen LogP contribution is -2.50. The summed E-state index contributed by atoms with van der Waals surface area (Å²) in [5, 5.41) is 12.6. The highest BCUT2D eigenvalue weighted by Gasteiger charge is 2.34. The van der Waals surface area contributed by atoms with E-state index in [1.165, 1.54) is 12.8 Å². The number of hydrogen-bond donors (Lipinski definition) is 2. The number of amides is 2. The van der Waals surface area contributed by atoms with E-state index in [1.807, 2.05) is 4.90 Å². The molecule has 18 heavy (non-hydrogen) atoms. The number of aliphatic hydroxyl groups excluding tert-OH is 1. The third-order valence-electron chi connectivity index (χ3n) is 4.88. The summed E-state index contributed by atoms with van der Waals surface area (Å²) in [6, 6.07) is 0.498. The zero-order chi connectivity index (χ0) is 13.0. The zero-order valence-electron chi connectivity index (χ0n) is 11.5. The molecule has 2 N–H and O–H groups in total. The first kappa shape index (κ1) is 13.7. The summed E-state index contributed by atoms with van der Waals surface area (Å²) in [7, 11) is 0. The summed E-state index contributed by atoms with van der Waals surface area (Å²) in [6.45, 7) is 3.95. The molecule has 0 unspecified atom stereocenters. The van der Waals surface area contributed by atoms with Gasteiger partial charge in [0.25, 0.3) is 0 Å². The van der Waals surface area contributed by atoms with E-state index in [9.17, 15) is 9.90 Å². The van der Waals surface area contributed by atoms with E-state index < -0.39 is 0 Å². The van der Waals surface area contributed by atoms with Gasteiger partial charge in [-0.3, -0.25) is 0 Å². The topological polar surface area (TPSA) is 52.6 Å². The Bertz CT molecular complexity index is 274. The summed E-state index contributed by atoms with van der Waals surface area (Å²) in [5.74, 6) is 0. The van der Waals surface area contributed by atoms with E-state index in [4.69, 9.17) is 0 Å². The number of rotatable bonds is 3. The number of aliphatic hydroxyl groups is 1. The molecule has 0 atom stereocenters. The van der Waals surface area contributed by atoms with Crippen LogP contribution in [0.25, 0.3) is 0 Å². The van der Waals surface area contributed by atoms with Crippen molar-refractivity contribution >= 4 is 6.03 Å². The Morgan fingerprint density at radius 2 is 1.94 bits per heavy atom. The SMILES string of the molecule is CCC1(CO)CCN(C(=O)NC2CCCC2)CC1. The van der Waals surface area contributed by atoms with Gasteiger partial charge in [0, 0.05) is 25.7 Å². The maximum absolute atomic E-state index is 12.1. The largest absolute Gasteiger partial charge is 0.396 e. The normalized spacial score (nSPS) is 24.2. The van der Waals surface area contributed by atoms with Crippen molar-refractivity contribution in [2.24, 2.45) is 5.41 Å². The highest BCUT2D eigenvalue weighted by Crippen LogP contribution is 2.34. The minimum atomic E-state index is 0.0597. The number of nitrogens with one attached hydrogen (secondary N) is 1. The van der Waals surface area contributed by atoms with Gasteiger partial charge in [-0.25, -0.2) is 4.79 Å². The Kier molecular flexibility index (Phi) is 4.49. The van der Waals surface area contributed by atoms with Crippen molar-refractivity contribution in [2.75, 3.05) is 19.7 Å². The van der Waals surface area contributed by atoms with E-state index in [0.29, 0.717) is 6.04 Å². The molecule has 1 heterocycles. The van der Waals surface area contributed by atoms with Crippen molar-refractivity contribution in [3.8, 4) is 0 Å². The summed E-state index contributed by atoms with van der Waals surface area (Å²) in [6.07, 6.45) is 7.62. The van der Waals surface area contributed by atoms with Crippen LogP contribution in [-0.4, -0.2) is 41.8 Å². The molecule has 2 fully saturated rings. The minimum Gasteiger partial charge on any atom is -0.396 e. The monoisotopic (exact) mass is 254 g/mol. The lowest BCUT2D eigenvalue weighted by molar-refractivity contribution is 0.0515. The van der Waals surface area contributed by atoms with Crippen LogP contribution >= 0.6 is 0 Å². The van der Waals surface area contributed by atoms with Crippen molar-refractivity contribution in [2.45, 2.75) is 57.9 Å². The van der Waals surface area contributed by atoms with Crippen LogP contribution in [0.3, 0.4) is 0 Å². The van der Waals surface area contributed by atoms with Crippen molar-refractivity contribution < 1.29 is 9.90 Å². The van der Waals surface area contributed by atoms with E-state index in [0.717, 1.165) is 45.2 Å². The van der Waals surface area contributed by atoms with Crippen LogP contribution < -0.4 is 5.32 Å². The molecular formula is C14H26N2O2. The van der Waals surface area contributed by atoms with Gasteiger partial charge in [0.15, 0.2) is 0 Å². The third-order valence-corrected chi connectivity index (χ3v) is 4.88. The Hall–Kier alpha value is -0.770. The van der Waals surface area contributed by atoms with Crippen molar-refractivity contribution in [1.29, 1.82) is 0 Å². The maximum Gasteiger partial charge on any atom is 0.317 e. The lowest BCUT2D eigenvalue weighted by atomic mass is 9.77. The first-order chi connectivity index (χ1) is 8.69. The van der Waals surface area contributed by atoms with Gasteiger partial charge >= 0.3 is 6.03 Å². The highest BCUT2D eigenvalue weighted by atomic mass is 16.3. The van der Waals surface area contributed by atoms with Crippen molar-refractivity contribution in [3.63, 3.8) is 0 Å². The first-order valence-corrected chi connectivity index (χ1v) is 7.35. The molecule has 0 radical (unpaired) electrons. The molecule has 0 aromatic carbocycles.